The van der Waals surface area contributed by atoms with Crippen LogP contribution in [-0.2, 0) is 16.1 Å². The third-order valence-corrected chi connectivity index (χ3v) is 4.44. The van der Waals surface area contributed by atoms with E-state index in [1.165, 1.54) is 5.56 Å². The fraction of sp³-hybridized carbons (Fsp3) is 0.556. The van der Waals surface area contributed by atoms with Gasteiger partial charge in [0.1, 0.15) is 0 Å². The molecule has 1 atom stereocenters. The Morgan fingerprint density at radius 2 is 2.04 bits per heavy atom. The van der Waals surface area contributed by atoms with Crippen molar-refractivity contribution < 1.29 is 14.7 Å². The number of aliphatic hydroxyl groups is 1. The van der Waals surface area contributed by atoms with Crippen LogP contribution in [0.15, 0.2) is 24.3 Å². The molecule has 0 unspecified atom stereocenters. The molecule has 2 amide bonds. The zero-order valence-corrected chi connectivity index (χ0v) is 14.4. The van der Waals surface area contributed by atoms with Crippen molar-refractivity contribution in [3.63, 3.8) is 0 Å². The van der Waals surface area contributed by atoms with E-state index in [9.17, 15) is 14.7 Å². The van der Waals surface area contributed by atoms with Crippen molar-refractivity contribution in [1.82, 2.24) is 10.2 Å². The van der Waals surface area contributed by atoms with Gasteiger partial charge in [-0.2, -0.15) is 0 Å². The number of benzene rings is 1. The largest absolute Gasteiger partial charge is 0.379 e. The Morgan fingerprint density at radius 1 is 1.38 bits per heavy atom. The number of amides is 2. The van der Waals surface area contributed by atoms with Gasteiger partial charge >= 0.3 is 0 Å². The molecule has 1 saturated heterocycles. The molecule has 1 fully saturated rings. The van der Waals surface area contributed by atoms with Crippen LogP contribution in [0.25, 0.3) is 0 Å². The summed E-state index contributed by atoms with van der Waals surface area (Å²) in [4.78, 5) is 25.1. The van der Waals surface area contributed by atoms with Crippen molar-refractivity contribution in [3.8, 4) is 0 Å². The van der Waals surface area contributed by atoms with E-state index in [-0.39, 0.29) is 19.0 Å². The van der Waals surface area contributed by atoms with Gasteiger partial charge in [-0.25, -0.2) is 0 Å². The molecule has 6 nitrogen and oxygen atoms in total. The van der Waals surface area contributed by atoms with Gasteiger partial charge in [-0.1, -0.05) is 38.1 Å². The highest BCUT2D eigenvalue weighted by Crippen LogP contribution is 2.24. The van der Waals surface area contributed by atoms with Crippen LogP contribution >= 0.6 is 0 Å². The summed E-state index contributed by atoms with van der Waals surface area (Å²) in [7, 11) is 0. The number of likely N-dealkylation sites (tertiary alicyclic amines) is 1. The van der Waals surface area contributed by atoms with Gasteiger partial charge in [0.05, 0.1) is 6.54 Å². The van der Waals surface area contributed by atoms with Gasteiger partial charge in [0, 0.05) is 19.6 Å². The van der Waals surface area contributed by atoms with Crippen LogP contribution in [0.3, 0.4) is 0 Å². The molecule has 2 rings (SSSR count). The molecule has 0 saturated carbocycles. The molecule has 4 N–H and O–H groups in total. The number of hydrogen-bond acceptors (Lipinski definition) is 4. The second kappa shape index (κ2) is 7.77. The fourth-order valence-corrected chi connectivity index (χ4v) is 3.00. The lowest BCUT2D eigenvalue weighted by Crippen LogP contribution is -2.58. The molecule has 1 heterocycles. The first-order chi connectivity index (χ1) is 11.3. The molecule has 0 spiro atoms. The smallest absolute Gasteiger partial charge is 0.256 e. The highest BCUT2D eigenvalue weighted by molar-refractivity contribution is 5.86. The topological polar surface area (TPSA) is 95.7 Å². The number of nitrogens with one attached hydrogen (secondary N) is 1. The maximum Gasteiger partial charge on any atom is 0.256 e. The van der Waals surface area contributed by atoms with Gasteiger partial charge in [0.25, 0.3) is 5.91 Å². The van der Waals surface area contributed by atoms with Crippen LogP contribution in [0.4, 0.5) is 0 Å². The highest BCUT2D eigenvalue weighted by Gasteiger charge is 2.41. The third kappa shape index (κ3) is 4.55. The Kier molecular flexibility index (Phi) is 5.96. The molecule has 1 aromatic rings. The fourth-order valence-electron chi connectivity index (χ4n) is 3.00. The Balaban J connectivity index is 1.99. The van der Waals surface area contributed by atoms with Crippen molar-refractivity contribution >= 4 is 11.8 Å². The van der Waals surface area contributed by atoms with Gasteiger partial charge in [-0.15, -0.1) is 0 Å². The van der Waals surface area contributed by atoms with Crippen molar-refractivity contribution in [2.45, 2.75) is 44.8 Å². The SMILES string of the molecule is CC(C)c1ccc(CN2CCC[C@@](O)(CNCC(N)=O)C2=O)cc1. The van der Waals surface area contributed by atoms with Gasteiger partial charge in [-0.05, 0) is 29.9 Å². The molecule has 1 aromatic carbocycles. The van der Waals surface area contributed by atoms with Crippen LogP contribution < -0.4 is 11.1 Å². The molecule has 24 heavy (non-hydrogen) atoms. The summed E-state index contributed by atoms with van der Waals surface area (Å²) in [5.41, 5.74) is 5.91. The Bertz CT molecular complexity index is 586. The van der Waals surface area contributed by atoms with Crippen LogP contribution in [0, 0.1) is 0 Å². The van der Waals surface area contributed by atoms with E-state index in [0.717, 1.165) is 12.0 Å². The first kappa shape index (κ1) is 18.4. The maximum absolute atomic E-state index is 12.6. The predicted octanol–water partition coefficient (Wildman–Crippen LogP) is 0.738. The van der Waals surface area contributed by atoms with Gasteiger partial charge in [0.2, 0.25) is 5.91 Å². The van der Waals surface area contributed by atoms with E-state index in [1.54, 1.807) is 4.90 Å². The lowest BCUT2D eigenvalue weighted by molar-refractivity contribution is -0.157. The van der Waals surface area contributed by atoms with Crippen molar-refractivity contribution in [2.75, 3.05) is 19.6 Å². The number of piperidine rings is 1. The zero-order valence-electron chi connectivity index (χ0n) is 14.4. The molecule has 0 radical (unpaired) electrons. The summed E-state index contributed by atoms with van der Waals surface area (Å²) < 4.78 is 0. The molecule has 1 aliphatic rings. The lowest BCUT2D eigenvalue weighted by atomic mass is 9.91. The summed E-state index contributed by atoms with van der Waals surface area (Å²) in [6.45, 7) is 5.38. The predicted molar refractivity (Wildman–Crippen MR) is 92.2 cm³/mol. The van der Waals surface area contributed by atoms with E-state index in [1.807, 2.05) is 12.1 Å². The molecule has 0 bridgehead atoms. The molecule has 0 aromatic heterocycles. The lowest BCUT2D eigenvalue weighted by Gasteiger charge is -2.38. The van der Waals surface area contributed by atoms with E-state index < -0.39 is 11.5 Å². The van der Waals surface area contributed by atoms with Crippen LogP contribution in [-0.4, -0.2) is 47.1 Å². The molecule has 132 valence electrons. The Labute approximate surface area is 143 Å². The molecule has 0 aliphatic carbocycles. The van der Waals surface area contributed by atoms with Crippen LogP contribution in [0.5, 0.6) is 0 Å². The molecular weight excluding hydrogens is 306 g/mol. The Hall–Kier alpha value is -1.92. The number of nitrogens with zero attached hydrogens (tertiary/aromatic N) is 1. The maximum atomic E-state index is 12.6. The minimum atomic E-state index is -1.47. The number of carbonyl (C=O) groups is 2. The summed E-state index contributed by atoms with van der Waals surface area (Å²) in [5, 5.41) is 13.4. The van der Waals surface area contributed by atoms with Crippen molar-refractivity contribution in [3.05, 3.63) is 35.4 Å². The van der Waals surface area contributed by atoms with E-state index in [4.69, 9.17) is 5.73 Å². The molecule has 1 aliphatic heterocycles. The molecule has 6 heteroatoms. The summed E-state index contributed by atoms with van der Waals surface area (Å²) >= 11 is 0. The summed E-state index contributed by atoms with van der Waals surface area (Å²) in [5.74, 6) is -0.334. The van der Waals surface area contributed by atoms with Gasteiger partial charge < -0.3 is 21.1 Å². The van der Waals surface area contributed by atoms with Gasteiger partial charge in [0.15, 0.2) is 5.60 Å². The third-order valence-electron chi connectivity index (χ3n) is 4.44. The number of nitrogens with two attached hydrogens (primary N) is 1. The highest BCUT2D eigenvalue weighted by atomic mass is 16.3. The quantitative estimate of drug-likeness (QED) is 0.686. The van der Waals surface area contributed by atoms with E-state index in [2.05, 4.69) is 31.3 Å². The van der Waals surface area contributed by atoms with Crippen molar-refractivity contribution in [2.24, 2.45) is 5.73 Å². The van der Waals surface area contributed by atoms with E-state index >= 15 is 0 Å². The second-order valence-electron chi connectivity index (χ2n) is 6.83. The minimum absolute atomic E-state index is 0.0392. The standard InChI is InChI=1S/C18H27N3O3/c1-13(2)15-6-4-14(5-7-15)11-21-9-3-8-18(24,17(21)23)12-20-10-16(19)22/h4-7,13,20,24H,3,8-12H2,1-2H3,(H2,19,22)/t18-/m1/s1. The minimum Gasteiger partial charge on any atom is -0.379 e. The number of rotatable bonds is 7. The van der Waals surface area contributed by atoms with E-state index in [0.29, 0.717) is 25.4 Å². The monoisotopic (exact) mass is 333 g/mol. The molecular formula is C18H27N3O3. The normalized spacial score (nSPS) is 21.3. The van der Waals surface area contributed by atoms with Gasteiger partial charge in [-0.3, -0.25) is 9.59 Å². The summed E-state index contributed by atoms with van der Waals surface area (Å²) in [6, 6.07) is 8.22. The number of hydrogen-bond donors (Lipinski definition) is 3. The Morgan fingerprint density at radius 3 is 2.62 bits per heavy atom. The van der Waals surface area contributed by atoms with Crippen LogP contribution in [0.2, 0.25) is 0 Å². The first-order valence-electron chi connectivity index (χ1n) is 8.41. The van der Waals surface area contributed by atoms with Crippen LogP contribution in [0.1, 0.15) is 43.7 Å². The zero-order chi connectivity index (χ0) is 17.7. The first-order valence-corrected chi connectivity index (χ1v) is 8.41. The number of carbonyl (C=O) groups excluding carboxylic acids is 2. The second-order valence-corrected chi connectivity index (χ2v) is 6.83. The van der Waals surface area contributed by atoms with Crippen molar-refractivity contribution in [1.29, 1.82) is 0 Å². The summed E-state index contributed by atoms with van der Waals surface area (Å²) in [6.07, 6.45) is 1.12. The average Bonchev–Trinajstić information content (AvgIpc) is 2.52. The average molecular weight is 333 g/mol. The number of primary amides is 1.